The summed E-state index contributed by atoms with van der Waals surface area (Å²) >= 11 is 0. The van der Waals surface area contributed by atoms with Crippen LogP contribution < -0.4 is 4.90 Å². The fraction of sp³-hybridized carbons (Fsp3) is 0.273. The monoisotopic (exact) mass is 361 g/mol. The van der Waals surface area contributed by atoms with E-state index in [0.29, 0.717) is 12.3 Å². The highest BCUT2D eigenvalue weighted by Gasteiger charge is 2.22. The number of rotatable bonds is 4. The third kappa shape index (κ3) is 3.91. The van der Waals surface area contributed by atoms with E-state index in [2.05, 4.69) is 22.0 Å². The molecule has 5 heteroatoms. The summed E-state index contributed by atoms with van der Waals surface area (Å²) in [5.41, 5.74) is 3.34. The van der Waals surface area contributed by atoms with Crippen LogP contribution in [0.15, 0.2) is 54.6 Å². The molecule has 0 amide bonds. The van der Waals surface area contributed by atoms with Crippen molar-refractivity contribution in [1.82, 2.24) is 4.98 Å². The minimum atomic E-state index is -0.228. The van der Waals surface area contributed by atoms with Crippen LogP contribution in [-0.4, -0.2) is 24.2 Å². The van der Waals surface area contributed by atoms with Crippen LogP contribution in [0.4, 0.5) is 10.1 Å². The average molecular weight is 361 g/mol. The van der Waals surface area contributed by atoms with Gasteiger partial charge in [-0.1, -0.05) is 30.3 Å². The number of piperidine rings is 1. The van der Waals surface area contributed by atoms with E-state index in [1.165, 1.54) is 12.1 Å². The zero-order valence-electron chi connectivity index (χ0n) is 14.9. The van der Waals surface area contributed by atoms with Crippen LogP contribution in [0.5, 0.6) is 0 Å². The molecule has 1 fully saturated rings. The van der Waals surface area contributed by atoms with Crippen LogP contribution in [0.3, 0.4) is 0 Å². The third-order valence-corrected chi connectivity index (χ3v) is 4.99. The van der Waals surface area contributed by atoms with Gasteiger partial charge >= 0.3 is 0 Å². The molecule has 2 heterocycles. The van der Waals surface area contributed by atoms with Gasteiger partial charge in [0.05, 0.1) is 18.2 Å². The lowest BCUT2D eigenvalue weighted by molar-refractivity contribution is 0.0251. The second kappa shape index (κ2) is 7.73. The first-order valence-corrected chi connectivity index (χ1v) is 9.14. The predicted molar refractivity (Wildman–Crippen MR) is 103 cm³/mol. The number of anilines is 1. The molecule has 0 saturated carbocycles. The average Bonchev–Trinajstić information content (AvgIpc) is 2.73. The van der Waals surface area contributed by atoms with Gasteiger partial charge in [-0.15, -0.1) is 0 Å². The Balaban J connectivity index is 1.43. The lowest BCUT2D eigenvalue weighted by atomic mass is 10.0. The Morgan fingerprint density at radius 1 is 1.11 bits per heavy atom. The molecule has 3 aromatic rings. The molecule has 1 aromatic heterocycles. The maximum absolute atomic E-state index is 13.0. The molecule has 1 saturated heterocycles. The highest BCUT2D eigenvalue weighted by atomic mass is 19.1. The van der Waals surface area contributed by atoms with Crippen molar-refractivity contribution >= 4 is 16.6 Å². The predicted octanol–water partition coefficient (Wildman–Crippen LogP) is 4.43. The van der Waals surface area contributed by atoms with Crippen molar-refractivity contribution in [1.29, 1.82) is 5.26 Å². The van der Waals surface area contributed by atoms with Crippen molar-refractivity contribution in [2.75, 3.05) is 18.0 Å². The lowest BCUT2D eigenvalue weighted by Crippen LogP contribution is -2.37. The number of halogens is 1. The van der Waals surface area contributed by atoms with E-state index in [1.54, 1.807) is 12.1 Å². The van der Waals surface area contributed by atoms with E-state index < -0.39 is 0 Å². The van der Waals surface area contributed by atoms with Gasteiger partial charge in [0, 0.05) is 24.2 Å². The normalized spacial score (nSPS) is 15.0. The van der Waals surface area contributed by atoms with Crippen LogP contribution in [0.2, 0.25) is 0 Å². The molecule has 27 heavy (non-hydrogen) atoms. The zero-order valence-corrected chi connectivity index (χ0v) is 14.9. The Labute approximate surface area is 157 Å². The standard InChI is InChI=1S/C22H20FN3O/c23-17-7-5-16(6-8-17)15-27-19-9-11-26(12-10-19)22-13-18(14-24)25-21-4-2-1-3-20(21)22/h1-8,13,19H,9-12,15H2. The summed E-state index contributed by atoms with van der Waals surface area (Å²) in [7, 11) is 0. The number of fused-ring (bicyclic) bond motifs is 1. The molecule has 0 spiro atoms. The smallest absolute Gasteiger partial charge is 0.143 e. The number of ether oxygens (including phenoxy) is 1. The number of nitrogens with zero attached hydrogens (tertiary/aromatic N) is 3. The molecule has 1 aliphatic rings. The van der Waals surface area contributed by atoms with E-state index in [-0.39, 0.29) is 11.9 Å². The van der Waals surface area contributed by atoms with Crippen molar-refractivity contribution in [2.45, 2.75) is 25.6 Å². The van der Waals surface area contributed by atoms with Crippen molar-refractivity contribution in [3.63, 3.8) is 0 Å². The summed E-state index contributed by atoms with van der Waals surface area (Å²) in [6, 6.07) is 18.4. The van der Waals surface area contributed by atoms with E-state index in [0.717, 1.165) is 48.1 Å². The first-order chi connectivity index (χ1) is 13.2. The minimum Gasteiger partial charge on any atom is -0.373 e. The number of benzene rings is 2. The number of para-hydroxylation sites is 1. The summed E-state index contributed by atoms with van der Waals surface area (Å²) in [6.07, 6.45) is 2.02. The molecule has 4 nitrogen and oxygen atoms in total. The Morgan fingerprint density at radius 3 is 2.59 bits per heavy atom. The number of hydrogen-bond donors (Lipinski definition) is 0. The Kier molecular flexibility index (Phi) is 4.99. The molecule has 0 atom stereocenters. The molecule has 1 aliphatic heterocycles. The molecule has 136 valence electrons. The van der Waals surface area contributed by atoms with Gasteiger partial charge in [-0.25, -0.2) is 9.37 Å². The fourth-order valence-electron chi connectivity index (χ4n) is 3.53. The van der Waals surface area contributed by atoms with E-state index in [9.17, 15) is 9.65 Å². The van der Waals surface area contributed by atoms with Gasteiger partial charge in [0.25, 0.3) is 0 Å². The lowest BCUT2D eigenvalue weighted by Gasteiger charge is -2.34. The Hall–Kier alpha value is -2.97. The molecular formula is C22H20FN3O. The quantitative estimate of drug-likeness (QED) is 0.690. The molecule has 2 aromatic carbocycles. The van der Waals surface area contributed by atoms with Crippen LogP contribution in [-0.2, 0) is 11.3 Å². The summed E-state index contributed by atoms with van der Waals surface area (Å²) < 4.78 is 19.0. The number of nitriles is 1. The number of hydrogen-bond acceptors (Lipinski definition) is 4. The zero-order chi connectivity index (χ0) is 18.6. The van der Waals surface area contributed by atoms with E-state index >= 15 is 0 Å². The minimum absolute atomic E-state index is 0.190. The van der Waals surface area contributed by atoms with Gasteiger partial charge in [-0.3, -0.25) is 0 Å². The summed E-state index contributed by atoms with van der Waals surface area (Å²) in [5.74, 6) is -0.228. The molecule has 4 rings (SSSR count). The molecule has 0 aliphatic carbocycles. The molecule has 0 N–H and O–H groups in total. The van der Waals surface area contributed by atoms with E-state index in [1.807, 2.05) is 24.3 Å². The Bertz CT molecular complexity index is 973. The summed E-state index contributed by atoms with van der Waals surface area (Å²) in [5, 5.41) is 10.4. The van der Waals surface area contributed by atoms with Crippen LogP contribution >= 0.6 is 0 Å². The Morgan fingerprint density at radius 2 is 1.85 bits per heavy atom. The molecular weight excluding hydrogens is 341 g/mol. The first-order valence-electron chi connectivity index (χ1n) is 9.14. The van der Waals surface area contributed by atoms with Gasteiger partial charge in [0.15, 0.2) is 0 Å². The van der Waals surface area contributed by atoms with Crippen LogP contribution in [0, 0.1) is 17.1 Å². The molecule has 0 radical (unpaired) electrons. The van der Waals surface area contributed by atoms with Crippen LogP contribution in [0.1, 0.15) is 24.1 Å². The van der Waals surface area contributed by atoms with Gasteiger partial charge in [-0.2, -0.15) is 5.26 Å². The topological polar surface area (TPSA) is 49.2 Å². The summed E-state index contributed by atoms with van der Waals surface area (Å²) in [6.45, 7) is 2.24. The second-order valence-corrected chi connectivity index (χ2v) is 6.78. The third-order valence-electron chi connectivity index (χ3n) is 4.99. The summed E-state index contributed by atoms with van der Waals surface area (Å²) in [4.78, 5) is 6.70. The second-order valence-electron chi connectivity index (χ2n) is 6.78. The van der Waals surface area contributed by atoms with Crippen molar-refractivity contribution in [2.24, 2.45) is 0 Å². The van der Waals surface area contributed by atoms with E-state index in [4.69, 9.17) is 4.74 Å². The van der Waals surface area contributed by atoms with Gasteiger partial charge in [0.1, 0.15) is 17.6 Å². The fourth-order valence-corrected chi connectivity index (χ4v) is 3.53. The van der Waals surface area contributed by atoms with Gasteiger partial charge in [-0.05, 0) is 42.7 Å². The molecule has 0 unspecified atom stereocenters. The van der Waals surface area contributed by atoms with Crippen molar-refractivity contribution in [3.05, 3.63) is 71.7 Å². The number of aromatic nitrogens is 1. The molecule has 0 bridgehead atoms. The SMILES string of the molecule is N#Cc1cc(N2CCC(OCc3ccc(F)cc3)CC2)c2ccccc2n1. The first kappa shape index (κ1) is 17.4. The highest BCUT2D eigenvalue weighted by molar-refractivity contribution is 5.92. The van der Waals surface area contributed by atoms with Gasteiger partial charge in [0.2, 0.25) is 0 Å². The maximum atomic E-state index is 13.0. The van der Waals surface area contributed by atoms with Gasteiger partial charge < -0.3 is 9.64 Å². The van der Waals surface area contributed by atoms with Crippen LogP contribution in [0.25, 0.3) is 10.9 Å². The maximum Gasteiger partial charge on any atom is 0.143 e. The van der Waals surface area contributed by atoms with Crippen molar-refractivity contribution in [3.8, 4) is 6.07 Å². The highest BCUT2D eigenvalue weighted by Crippen LogP contribution is 2.29. The van der Waals surface area contributed by atoms with Crippen molar-refractivity contribution < 1.29 is 9.13 Å². The number of pyridine rings is 1. The largest absolute Gasteiger partial charge is 0.373 e.